The smallest absolute Gasteiger partial charge is 0.0978 e. The van der Waals surface area contributed by atoms with E-state index in [9.17, 15) is 15.0 Å². The highest BCUT2D eigenvalue weighted by Gasteiger charge is 2.52. The van der Waals surface area contributed by atoms with Crippen LogP contribution in [0.1, 0.15) is 45.4 Å². The third kappa shape index (κ3) is 1.86. The molecule has 4 nitrogen and oxygen atoms in total. The molecule has 22 heavy (non-hydrogen) atoms. The Bertz CT molecular complexity index is 591. The van der Waals surface area contributed by atoms with E-state index in [1.807, 2.05) is 0 Å². The van der Waals surface area contributed by atoms with Gasteiger partial charge in [0, 0.05) is 23.7 Å². The molecule has 0 amide bonds. The molecule has 1 heterocycles. The minimum atomic E-state index is -0.921. The van der Waals surface area contributed by atoms with E-state index in [1.54, 1.807) is 0 Å². The molecule has 0 bridgehead atoms. The number of carboxylic acid groups (broad SMARTS) is 1. The van der Waals surface area contributed by atoms with E-state index in [0.29, 0.717) is 6.42 Å². The molecular weight excluding hydrogens is 278 g/mol. The zero-order chi connectivity index (χ0) is 15.5. The lowest BCUT2D eigenvalue weighted by Gasteiger charge is -2.47. The maximum atomic E-state index is 11.8. The predicted molar refractivity (Wildman–Crippen MR) is 79.5 cm³/mol. The lowest BCUT2D eigenvalue weighted by Crippen LogP contribution is -2.86. The highest BCUT2D eigenvalue weighted by atomic mass is 16.4. The molecule has 0 aromatic heterocycles. The molecule has 0 aromatic carbocycles. The second-order valence-electron chi connectivity index (χ2n) is 7.77. The lowest BCUT2D eigenvalue weighted by molar-refractivity contribution is -0.650. The van der Waals surface area contributed by atoms with Crippen molar-refractivity contribution in [3.63, 3.8) is 0 Å². The van der Waals surface area contributed by atoms with E-state index in [2.05, 4.69) is 12.2 Å². The van der Waals surface area contributed by atoms with E-state index < -0.39 is 11.9 Å². The first-order valence-corrected chi connectivity index (χ1v) is 8.67. The van der Waals surface area contributed by atoms with Crippen LogP contribution in [0.2, 0.25) is 0 Å². The summed E-state index contributed by atoms with van der Waals surface area (Å²) in [6, 6.07) is 0. The van der Waals surface area contributed by atoms with Crippen LogP contribution in [0.3, 0.4) is 0 Å². The molecular formula is C18H25NO3. The van der Waals surface area contributed by atoms with Crippen molar-refractivity contribution >= 4 is 5.97 Å². The standard InChI is InChI=1S/C18H25NO3/c1-18-6-4-12-11-5-7-19-9-10(11)8-13(17(21)22)16(12)14(18)2-3-15(18)20/h13-15,19-20H,2-9H2,1H3,(H,21,22)/t13-,14+,15-,18-/m0/s1. The molecule has 1 aliphatic heterocycles. The Balaban J connectivity index is 1.85. The topological polar surface area (TPSA) is 77.0 Å². The molecule has 3 N–H and O–H groups in total. The number of aliphatic carboxylic acids is 1. The average molecular weight is 303 g/mol. The predicted octanol–water partition coefficient (Wildman–Crippen LogP) is -0.112. The number of carboxylic acids is 1. The fourth-order valence-electron chi connectivity index (χ4n) is 5.56. The number of aliphatic hydroxyl groups excluding tert-OH is 1. The van der Waals surface area contributed by atoms with Gasteiger partial charge in [-0.05, 0) is 54.7 Å². The molecule has 120 valence electrons. The van der Waals surface area contributed by atoms with Crippen molar-refractivity contribution in [2.45, 2.75) is 51.6 Å². The van der Waals surface area contributed by atoms with Crippen LogP contribution in [0.4, 0.5) is 0 Å². The summed E-state index contributed by atoms with van der Waals surface area (Å²) in [6.45, 7) is 4.21. The van der Waals surface area contributed by atoms with Gasteiger partial charge in [0.2, 0.25) is 0 Å². The molecule has 4 rings (SSSR count). The lowest BCUT2D eigenvalue weighted by atomic mass is 9.59. The van der Waals surface area contributed by atoms with Crippen molar-refractivity contribution in [2.24, 2.45) is 17.3 Å². The minimum Gasteiger partial charge on any atom is -0.549 e. The zero-order valence-corrected chi connectivity index (χ0v) is 13.2. The van der Waals surface area contributed by atoms with E-state index in [4.69, 9.17) is 0 Å². The Morgan fingerprint density at radius 1 is 1.32 bits per heavy atom. The van der Waals surface area contributed by atoms with Gasteiger partial charge >= 0.3 is 0 Å². The largest absolute Gasteiger partial charge is 0.549 e. The highest BCUT2D eigenvalue weighted by molar-refractivity contribution is 5.75. The van der Waals surface area contributed by atoms with E-state index >= 15 is 0 Å². The Hall–Kier alpha value is -1.13. The molecule has 1 saturated carbocycles. The zero-order valence-electron chi connectivity index (χ0n) is 13.2. The van der Waals surface area contributed by atoms with Crippen LogP contribution >= 0.6 is 0 Å². The van der Waals surface area contributed by atoms with Gasteiger partial charge in [-0.1, -0.05) is 12.5 Å². The van der Waals surface area contributed by atoms with Crippen LogP contribution in [0.5, 0.6) is 0 Å². The van der Waals surface area contributed by atoms with Gasteiger partial charge in [0.15, 0.2) is 0 Å². The van der Waals surface area contributed by atoms with E-state index in [-0.39, 0.29) is 17.4 Å². The van der Waals surface area contributed by atoms with Crippen LogP contribution in [0, 0.1) is 17.3 Å². The summed E-state index contributed by atoms with van der Waals surface area (Å²) < 4.78 is 0. The number of hydrogen-bond acceptors (Lipinski definition) is 3. The number of quaternary nitrogens is 1. The monoisotopic (exact) mass is 303 g/mol. The first-order chi connectivity index (χ1) is 10.5. The molecule has 1 fully saturated rings. The number of carbonyl (C=O) groups excluding carboxylic acids is 1. The number of rotatable bonds is 1. The van der Waals surface area contributed by atoms with Crippen molar-refractivity contribution in [3.05, 3.63) is 22.3 Å². The summed E-state index contributed by atoms with van der Waals surface area (Å²) >= 11 is 0. The third-order valence-electron chi connectivity index (χ3n) is 6.81. The number of carbonyl (C=O) groups is 1. The maximum Gasteiger partial charge on any atom is 0.0978 e. The fourth-order valence-corrected chi connectivity index (χ4v) is 5.56. The normalized spacial score (nSPS) is 41.1. The maximum absolute atomic E-state index is 11.8. The number of aliphatic hydroxyl groups is 1. The van der Waals surface area contributed by atoms with E-state index in [1.165, 1.54) is 16.7 Å². The van der Waals surface area contributed by atoms with Gasteiger partial charge in [-0.2, -0.15) is 0 Å². The number of hydrogen-bond donors (Lipinski definition) is 2. The van der Waals surface area contributed by atoms with Crippen LogP contribution in [-0.4, -0.2) is 30.3 Å². The number of nitrogens with two attached hydrogens (primary N) is 1. The molecule has 0 spiro atoms. The second kappa shape index (κ2) is 4.93. The molecule has 0 aromatic rings. The van der Waals surface area contributed by atoms with Crippen LogP contribution in [0.15, 0.2) is 22.3 Å². The molecule has 0 saturated heterocycles. The van der Waals surface area contributed by atoms with E-state index in [0.717, 1.165) is 50.8 Å². The second-order valence-corrected chi connectivity index (χ2v) is 7.77. The SMILES string of the molecule is C[C@]12CCC3=C([C@@H](C(=O)[O-])CC4=C3CC[NH2+]C4)[C@H]1CC[C@@H]2O. The highest BCUT2D eigenvalue weighted by Crippen LogP contribution is 2.58. The number of fused-ring (bicyclic) bond motifs is 3. The summed E-state index contributed by atoms with van der Waals surface area (Å²) in [7, 11) is 0. The van der Waals surface area contributed by atoms with Gasteiger partial charge in [-0.3, -0.25) is 0 Å². The van der Waals surface area contributed by atoms with Gasteiger partial charge in [-0.15, -0.1) is 0 Å². The molecule has 3 aliphatic carbocycles. The van der Waals surface area contributed by atoms with Gasteiger partial charge in [0.25, 0.3) is 0 Å². The van der Waals surface area contributed by atoms with Crippen LogP contribution < -0.4 is 10.4 Å². The molecule has 4 heteroatoms. The molecule has 4 aliphatic rings. The Morgan fingerprint density at radius 2 is 2.14 bits per heavy atom. The van der Waals surface area contributed by atoms with Crippen LogP contribution in [-0.2, 0) is 4.79 Å². The summed E-state index contributed by atoms with van der Waals surface area (Å²) in [5.41, 5.74) is 5.12. The van der Waals surface area contributed by atoms with Gasteiger partial charge < -0.3 is 20.3 Å². The Kier molecular flexibility index (Phi) is 3.24. The Morgan fingerprint density at radius 3 is 2.91 bits per heavy atom. The minimum absolute atomic E-state index is 0.134. The summed E-state index contributed by atoms with van der Waals surface area (Å²) in [4.78, 5) is 11.8. The Labute approximate surface area is 131 Å². The van der Waals surface area contributed by atoms with Gasteiger partial charge in [0.05, 0.1) is 19.2 Å². The summed E-state index contributed by atoms with van der Waals surface area (Å²) in [6.07, 6.45) is 5.06. The van der Waals surface area contributed by atoms with Crippen molar-refractivity contribution in [1.82, 2.24) is 0 Å². The van der Waals surface area contributed by atoms with Crippen LogP contribution in [0.25, 0.3) is 0 Å². The average Bonchev–Trinajstić information content (AvgIpc) is 2.82. The summed E-state index contributed by atoms with van der Waals surface area (Å²) in [5.74, 6) is -1.15. The molecule has 0 radical (unpaired) electrons. The fraction of sp³-hybridized carbons (Fsp3) is 0.722. The van der Waals surface area contributed by atoms with Gasteiger partial charge in [0.1, 0.15) is 0 Å². The quantitative estimate of drug-likeness (QED) is 0.709. The van der Waals surface area contributed by atoms with Crippen molar-refractivity contribution in [1.29, 1.82) is 0 Å². The molecule has 0 unspecified atom stereocenters. The van der Waals surface area contributed by atoms with Crippen molar-refractivity contribution in [3.8, 4) is 0 Å². The van der Waals surface area contributed by atoms with Crippen molar-refractivity contribution in [2.75, 3.05) is 13.1 Å². The molecule has 4 atom stereocenters. The van der Waals surface area contributed by atoms with Gasteiger partial charge in [-0.25, -0.2) is 0 Å². The first-order valence-electron chi connectivity index (χ1n) is 8.67. The third-order valence-corrected chi connectivity index (χ3v) is 6.81. The first kappa shape index (κ1) is 14.5. The number of allylic oxidation sites excluding steroid dienone is 1. The van der Waals surface area contributed by atoms with Crippen molar-refractivity contribution < 1.29 is 20.3 Å². The summed E-state index contributed by atoms with van der Waals surface area (Å²) in [5, 5.41) is 24.5.